The van der Waals surface area contributed by atoms with Crippen molar-refractivity contribution in [2.24, 2.45) is 0 Å². The number of likely N-dealkylation sites (N-methyl/N-ethyl adjacent to an activating group) is 1. The molecule has 120 valence electrons. The van der Waals surface area contributed by atoms with Gasteiger partial charge >= 0.3 is 0 Å². The summed E-state index contributed by atoms with van der Waals surface area (Å²) in [6.45, 7) is 13.0. The Balaban J connectivity index is 2.06. The Bertz CT molecular complexity index is 224. The molecule has 1 N–H and O–H groups in total. The minimum atomic E-state index is 0.678. The molecular weight excluding hydrogens is 246 g/mol. The highest BCUT2D eigenvalue weighted by Crippen LogP contribution is 2.14. The Morgan fingerprint density at radius 3 is 2.50 bits per heavy atom. The van der Waals surface area contributed by atoms with Crippen molar-refractivity contribution in [2.45, 2.75) is 71.4 Å². The summed E-state index contributed by atoms with van der Waals surface area (Å²) < 4.78 is 0. The molecule has 1 heterocycles. The average molecular weight is 284 g/mol. The van der Waals surface area contributed by atoms with E-state index >= 15 is 0 Å². The predicted molar refractivity (Wildman–Crippen MR) is 89.4 cm³/mol. The number of unbranched alkanes of at least 4 members (excludes halogenated alkanes) is 2. The zero-order valence-electron chi connectivity index (χ0n) is 14.3. The van der Waals surface area contributed by atoms with Gasteiger partial charge in [-0.1, -0.05) is 33.1 Å². The fourth-order valence-electron chi connectivity index (χ4n) is 3.15. The van der Waals surface area contributed by atoms with Gasteiger partial charge in [0.05, 0.1) is 0 Å². The second kappa shape index (κ2) is 10.6. The zero-order valence-corrected chi connectivity index (χ0v) is 14.3. The Kier molecular flexibility index (Phi) is 9.49. The van der Waals surface area contributed by atoms with Crippen LogP contribution in [0.15, 0.2) is 0 Å². The van der Waals surface area contributed by atoms with Gasteiger partial charge in [0.2, 0.25) is 0 Å². The number of hydrogen-bond acceptors (Lipinski definition) is 3. The molecule has 1 aliphatic heterocycles. The molecule has 1 atom stereocenters. The summed E-state index contributed by atoms with van der Waals surface area (Å²) in [6.07, 6.45) is 8.09. The molecule has 0 aromatic rings. The molecule has 0 aromatic carbocycles. The molecule has 1 rings (SSSR count). The normalized spacial score (nSPS) is 19.6. The van der Waals surface area contributed by atoms with Crippen LogP contribution in [0.5, 0.6) is 0 Å². The molecular formula is C17H37N3. The van der Waals surface area contributed by atoms with E-state index in [2.05, 4.69) is 42.9 Å². The van der Waals surface area contributed by atoms with Gasteiger partial charge in [-0.05, 0) is 52.9 Å². The van der Waals surface area contributed by atoms with Gasteiger partial charge in [-0.2, -0.15) is 0 Å². The average Bonchev–Trinajstić information content (AvgIpc) is 2.47. The second-order valence-electron chi connectivity index (χ2n) is 6.50. The van der Waals surface area contributed by atoms with Crippen molar-refractivity contribution < 1.29 is 0 Å². The Morgan fingerprint density at radius 1 is 1.20 bits per heavy atom. The molecule has 0 aliphatic carbocycles. The lowest BCUT2D eigenvalue weighted by atomic mass is 10.0. The van der Waals surface area contributed by atoms with Gasteiger partial charge in [0, 0.05) is 25.2 Å². The van der Waals surface area contributed by atoms with Crippen molar-refractivity contribution in [1.29, 1.82) is 0 Å². The lowest BCUT2D eigenvalue weighted by Crippen LogP contribution is -2.45. The van der Waals surface area contributed by atoms with Crippen molar-refractivity contribution in [3.63, 3.8) is 0 Å². The van der Waals surface area contributed by atoms with Crippen LogP contribution in [0.3, 0.4) is 0 Å². The highest BCUT2D eigenvalue weighted by Gasteiger charge is 2.21. The van der Waals surface area contributed by atoms with E-state index in [0.717, 1.165) is 12.6 Å². The SMILES string of the molecule is CCCCCC(C)NCCN(C)C1CCN(CC)CC1. The standard InChI is InChI=1S/C17H37N3/c1-5-7-8-9-16(3)18-12-15-19(4)17-10-13-20(6-2)14-11-17/h16-18H,5-15H2,1-4H3. The van der Waals surface area contributed by atoms with Crippen LogP contribution in [0, 0.1) is 0 Å². The summed E-state index contributed by atoms with van der Waals surface area (Å²) in [5.74, 6) is 0. The third-order valence-electron chi connectivity index (χ3n) is 4.83. The Morgan fingerprint density at radius 2 is 1.90 bits per heavy atom. The third-order valence-corrected chi connectivity index (χ3v) is 4.83. The fraction of sp³-hybridized carbons (Fsp3) is 1.00. The Hall–Kier alpha value is -0.120. The monoisotopic (exact) mass is 283 g/mol. The van der Waals surface area contributed by atoms with E-state index in [0.29, 0.717) is 6.04 Å². The summed E-state index contributed by atoms with van der Waals surface area (Å²) in [6, 6.07) is 1.48. The first kappa shape index (κ1) is 17.9. The first-order valence-corrected chi connectivity index (χ1v) is 8.83. The smallest absolute Gasteiger partial charge is 0.0117 e. The van der Waals surface area contributed by atoms with Crippen LogP contribution in [0.4, 0.5) is 0 Å². The van der Waals surface area contributed by atoms with Crippen LogP contribution >= 0.6 is 0 Å². The van der Waals surface area contributed by atoms with Crippen molar-refractivity contribution in [3.05, 3.63) is 0 Å². The van der Waals surface area contributed by atoms with Gasteiger partial charge in [0.15, 0.2) is 0 Å². The van der Waals surface area contributed by atoms with E-state index in [9.17, 15) is 0 Å². The van der Waals surface area contributed by atoms with E-state index in [1.165, 1.54) is 64.7 Å². The second-order valence-corrected chi connectivity index (χ2v) is 6.50. The molecule has 1 saturated heterocycles. The van der Waals surface area contributed by atoms with Crippen LogP contribution in [-0.2, 0) is 0 Å². The number of nitrogens with zero attached hydrogens (tertiary/aromatic N) is 2. The molecule has 0 bridgehead atoms. The van der Waals surface area contributed by atoms with Crippen molar-refractivity contribution >= 4 is 0 Å². The molecule has 1 fully saturated rings. The number of rotatable bonds is 10. The van der Waals surface area contributed by atoms with E-state index in [1.807, 2.05) is 0 Å². The summed E-state index contributed by atoms with van der Waals surface area (Å²) in [5, 5.41) is 3.68. The molecule has 1 unspecified atom stereocenters. The van der Waals surface area contributed by atoms with Gasteiger partial charge < -0.3 is 15.1 Å². The van der Waals surface area contributed by atoms with Gasteiger partial charge in [0.1, 0.15) is 0 Å². The first-order valence-electron chi connectivity index (χ1n) is 8.83. The van der Waals surface area contributed by atoms with Crippen molar-refractivity contribution in [3.8, 4) is 0 Å². The number of nitrogens with one attached hydrogen (secondary N) is 1. The van der Waals surface area contributed by atoms with Gasteiger partial charge in [-0.25, -0.2) is 0 Å². The van der Waals surface area contributed by atoms with Crippen LogP contribution in [0.25, 0.3) is 0 Å². The molecule has 3 heteroatoms. The molecule has 1 aliphatic rings. The predicted octanol–water partition coefficient (Wildman–Crippen LogP) is 2.96. The molecule has 0 radical (unpaired) electrons. The maximum absolute atomic E-state index is 3.68. The number of hydrogen-bond donors (Lipinski definition) is 1. The maximum atomic E-state index is 3.68. The highest BCUT2D eigenvalue weighted by molar-refractivity contribution is 4.78. The van der Waals surface area contributed by atoms with E-state index in [-0.39, 0.29) is 0 Å². The van der Waals surface area contributed by atoms with Crippen LogP contribution in [-0.4, -0.2) is 61.7 Å². The van der Waals surface area contributed by atoms with Crippen molar-refractivity contribution in [1.82, 2.24) is 15.1 Å². The molecule has 20 heavy (non-hydrogen) atoms. The van der Waals surface area contributed by atoms with Gasteiger partial charge in [-0.3, -0.25) is 0 Å². The number of piperidine rings is 1. The van der Waals surface area contributed by atoms with Crippen molar-refractivity contribution in [2.75, 3.05) is 39.8 Å². The fourth-order valence-corrected chi connectivity index (χ4v) is 3.15. The minimum Gasteiger partial charge on any atom is -0.313 e. The lowest BCUT2D eigenvalue weighted by Gasteiger charge is -2.36. The summed E-state index contributed by atoms with van der Waals surface area (Å²) in [5.41, 5.74) is 0. The molecule has 3 nitrogen and oxygen atoms in total. The Labute approximate surface area is 127 Å². The largest absolute Gasteiger partial charge is 0.313 e. The molecule has 0 spiro atoms. The summed E-state index contributed by atoms with van der Waals surface area (Å²) >= 11 is 0. The third kappa shape index (κ3) is 7.05. The topological polar surface area (TPSA) is 18.5 Å². The van der Waals surface area contributed by atoms with Gasteiger partial charge in [-0.15, -0.1) is 0 Å². The maximum Gasteiger partial charge on any atom is 0.0117 e. The van der Waals surface area contributed by atoms with E-state index < -0.39 is 0 Å². The van der Waals surface area contributed by atoms with Crippen LogP contribution < -0.4 is 5.32 Å². The highest BCUT2D eigenvalue weighted by atomic mass is 15.2. The number of likely N-dealkylation sites (tertiary alicyclic amines) is 1. The van der Waals surface area contributed by atoms with E-state index in [1.54, 1.807) is 0 Å². The molecule has 0 amide bonds. The minimum absolute atomic E-state index is 0.678. The lowest BCUT2D eigenvalue weighted by molar-refractivity contribution is 0.131. The zero-order chi connectivity index (χ0) is 14.8. The summed E-state index contributed by atoms with van der Waals surface area (Å²) in [7, 11) is 2.30. The molecule has 0 aromatic heterocycles. The first-order chi connectivity index (χ1) is 9.67. The van der Waals surface area contributed by atoms with Gasteiger partial charge in [0.25, 0.3) is 0 Å². The van der Waals surface area contributed by atoms with Crippen LogP contribution in [0.2, 0.25) is 0 Å². The van der Waals surface area contributed by atoms with E-state index in [4.69, 9.17) is 0 Å². The molecule has 0 saturated carbocycles. The quantitative estimate of drug-likeness (QED) is 0.622. The summed E-state index contributed by atoms with van der Waals surface area (Å²) in [4.78, 5) is 5.14. The van der Waals surface area contributed by atoms with Crippen LogP contribution in [0.1, 0.15) is 59.3 Å².